The second-order valence-electron chi connectivity index (χ2n) is 10.5. The smallest absolute Gasteiger partial charge is 0.420 e. The van der Waals surface area contributed by atoms with Gasteiger partial charge >= 0.3 is 6.09 Å². The highest BCUT2D eigenvalue weighted by molar-refractivity contribution is 7.88. The summed E-state index contributed by atoms with van der Waals surface area (Å²) in [5.41, 5.74) is 7.38. The minimum absolute atomic E-state index is 0.00800. The van der Waals surface area contributed by atoms with Gasteiger partial charge in [-0.3, -0.25) is 4.79 Å². The molecule has 12 heteroatoms. The molecular weight excluding hydrogens is 559 g/mol. The van der Waals surface area contributed by atoms with E-state index in [2.05, 4.69) is 5.32 Å². The molecule has 0 aliphatic carbocycles. The van der Waals surface area contributed by atoms with Crippen LogP contribution in [0.1, 0.15) is 44.2 Å². The average molecular weight is 597 g/mol. The van der Waals surface area contributed by atoms with E-state index in [1.807, 2.05) is 13.8 Å². The first kappa shape index (κ1) is 32.0. The first-order valence-electron chi connectivity index (χ1n) is 13.2. The van der Waals surface area contributed by atoms with Gasteiger partial charge in [-0.15, -0.1) is 0 Å². The van der Waals surface area contributed by atoms with Crippen molar-refractivity contribution in [3.63, 3.8) is 0 Å². The predicted octanol–water partition coefficient (Wildman–Crippen LogP) is 3.90. The third kappa shape index (κ3) is 7.19. The number of nitrogens with two attached hydrogens (primary N) is 1. The summed E-state index contributed by atoms with van der Waals surface area (Å²) in [6.07, 6.45) is 0.471. The molecule has 1 aliphatic heterocycles. The van der Waals surface area contributed by atoms with Crippen LogP contribution in [-0.4, -0.2) is 69.3 Å². The number of carbonyl (C=O) groups excluding carboxylic acids is 2. The van der Waals surface area contributed by atoms with Gasteiger partial charge in [0.2, 0.25) is 10.0 Å². The highest BCUT2D eigenvalue weighted by Gasteiger charge is 2.38. The number of ether oxygens (including phenoxy) is 1. The van der Waals surface area contributed by atoms with Crippen molar-refractivity contribution in [1.29, 1.82) is 0 Å². The Morgan fingerprint density at radius 3 is 2.42 bits per heavy atom. The number of amides is 2. The Bertz CT molecular complexity index is 1310. The van der Waals surface area contributed by atoms with E-state index >= 15 is 4.39 Å². The maximum atomic E-state index is 15.3. The monoisotopic (exact) mass is 596 g/mol. The predicted molar refractivity (Wildman–Crippen MR) is 154 cm³/mol. The van der Waals surface area contributed by atoms with Crippen LogP contribution in [0.5, 0.6) is 0 Å². The molecule has 2 amide bonds. The third-order valence-electron chi connectivity index (χ3n) is 7.28. The highest BCUT2D eigenvalue weighted by atomic mass is 35.5. The number of hydrogen-bond acceptors (Lipinski definition) is 7. The van der Waals surface area contributed by atoms with Gasteiger partial charge in [0.05, 0.1) is 25.1 Å². The number of rotatable bonds is 9. The number of hydrogen-bond donors (Lipinski definition) is 2. The van der Waals surface area contributed by atoms with E-state index < -0.39 is 45.8 Å². The molecule has 2 aromatic carbocycles. The van der Waals surface area contributed by atoms with Gasteiger partial charge in [0, 0.05) is 41.7 Å². The number of imide groups is 1. The molecule has 40 heavy (non-hydrogen) atoms. The molecule has 1 aliphatic rings. The Balaban J connectivity index is 1.98. The van der Waals surface area contributed by atoms with Crippen LogP contribution in [0.2, 0.25) is 5.02 Å². The molecule has 0 radical (unpaired) electrons. The molecule has 4 atom stereocenters. The van der Waals surface area contributed by atoms with Gasteiger partial charge in [0.25, 0.3) is 5.91 Å². The summed E-state index contributed by atoms with van der Waals surface area (Å²) < 4.78 is 46.7. The Kier molecular flexibility index (Phi) is 10.7. The minimum atomic E-state index is -3.52. The lowest BCUT2D eigenvalue weighted by Crippen LogP contribution is -2.58. The fraction of sp³-hybridized carbons (Fsp3) is 0.500. The third-order valence-corrected chi connectivity index (χ3v) is 8.96. The van der Waals surface area contributed by atoms with E-state index in [0.717, 1.165) is 23.8 Å². The van der Waals surface area contributed by atoms with Crippen molar-refractivity contribution in [2.24, 2.45) is 11.7 Å². The molecule has 0 aromatic heterocycles. The van der Waals surface area contributed by atoms with E-state index in [-0.39, 0.29) is 36.1 Å². The maximum Gasteiger partial charge on any atom is 0.420 e. The van der Waals surface area contributed by atoms with E-state index in [9.17, 15) is 18.0 Å². The summed E-state index contributed by atoms with van der Waals surface area (Å²) in [4.78, 5) is 27.7. The molecular formula is C28H38ClFN4O5S. The molecule has 2 aromatic rings. The lowest BCUT2D eigenvalue weighted by molar-refractivity contribution is -0.120. The van der Waals surface area contributed by atoms with Crippen LogP contribution >= 0.6 is 11.6 Å². The number of halogens is 2. The number of nitrogens with one attached hydrogen (secondary N) is 1. The van der Waals surface area contributed by atoms with Crippen molar-refractivity contribution in [2.45, 2.75) is 57.7 Å². The molecule has 0 unspecified atom stereocenters. The highest BCUT2D eigenvalue weighted by Crippen LogP contribution is 2.33. The number of sulfonamides is 1. The summed E-state index contributed by atoms with van der Waals surface area (Å²) in [6, 6.07) is 9.18. The van der Waals surface area contributed by atoms with Crippen molar-refractivity contribution in [3.8, 4) is 0 Å². The molecule has 1 heterocycles. The summed E-state index contributed by atoms with van der Waals surface area (Å²) in [7, 11) is -2.39. The molecule has 9 nitrogen and oxygen atoms in total. The Morgan fingerprint density at radius 2 is 1.85 bits per heavy atom. The largest absolute Gasteiger partial charge is 0.452 e. The van der Waals surface area contributed by atoms with E-state index in [1.165, 1.54) is 22.5 Å². The second kappa shape index (κ2) is 13.4. The van der Waals surface area contributed by atoms with Gasteiger partial charge in [-0.2, -0.15) is 4.31 Å². The Morgan fingerprint density at radius 1 is 1.20 bits per heavy atom. The molecule has 0 bridgehead atoms. The molecule has 0 spiro atoms. The first-order chi connectivity index (χ1) is 18.8. The van der Waals surface area contributed by atoms with Crippen LogP contribution in [0.4, 0.5) is 14.9 Å². The molecule has 220 valence electrons. The summed E-state index contributed by atoms with van der Waals surface area (Å²) >= 11 is 6.05. The number of methoxy groups -OCH3 is 1. The van der Waals surface area contributed by atoms with Crippen LogP contribution in [0.3, 0.4) is 0 Å². The minimum Gasteiger partial charge on any atom is -0.452 e. The quantitative estimate of drug-likeness (QED) is 0.450. The van der Waals surface area contributed by atoms with Crippen molar-refractivity contribution in [1.82, 2.24) is 9.62 Å². The SMILES string of the molecule is COC(=O)N(C(=O)[C@@H](N)[C@@H](c1ccc(Cl)cc1)C(C)C)c1cccc(F)c1CC[C@H]1CNC[C@H](C)N1S(C)(=O)=O. The zero-order valence-corrected chi connectivity index (χ0v) is 25.0. The maximum absolute atomic E-state index is 15.3. The average Bonchev–Trinajstić information content (AvgIpc) is 2.88. The van der Waals surface area contributed by atoms with Gasteiger partial charge in [0.1, 0.15) is 5.82 Å². The van der Waals surface area contributed by atoms with Gasteiger partial charge in [-0.25, -0.2) is 22.5 Å². The van der Waals surface area contributed by atoms with Crippen LogP contribution in [0.25, 0.3) is 0 Å². The van der Waals surface area contributed by atoms with Crippen molar-refractivity contribution in [2.75, 3.05) is 31.4 Å². The number of nitrogens with zero attached hydrogens (tertiary/aromatic N) is 2. The zero-order valence-electron chi connectivity index (χ0n) is 23.4. The fourth-order valence-electron chi connectivity index (χ4n) is 5.53. The molecule has 3 N–H and O–H groups in total. The van der Waals surface area contributed by atoms with Crippen LogP contribution in [-0.2, 0) is 26.0 Å². The van der Waals surface area contributed by atoms with Gasteiger partial charge < -0.3 is 15.8 Å². The fourth-order valence-corrected chi connectivity index (χ4v) is 7.11. The lowest BCUT2D eigenvalue weighted by Gasteiger charge is -2.39. The normalized spacial score (nSPS) is 19.7. The number of anilines is 1. The van der Waals surface area contributed by atoms with Gasteiger partial charge in [0.15, 0.2) is 0 Å². The summed E-state index contributed by atoms with van der Waals surface area (Å²) in [6.45, 7) is 6.52. The number of carbonyl (C=O) groups is 2. The molecule has 1 fully saturated rings. The Hall–Kier alpha value is -2.57. The molecule has 0 saturated carbocycles. The van der Waals surface area contributed by atoms with Crippen LogP contribution in [0.15, 0.2) is 42.5 Å². The first-order valence-corrected chi connectivity index (χ1v) is 15.4. The van der Waals surface area contributed by atoms with E-state index in [4.69, 9.17) is 22.1 Å². The van der Waals surface area contributed by atoms with Crippen LogP contribution in [0, 0.1) is 11.7 Å². The zero-order chi connectivity index (χ0) is 29.8. The van der Waals surface area contributed by atoms with E-state index in [0.29, 0.717) is 18.1 Å². The van der Waals surface area contributed by atoms with Gasteiger partial charge in [-0.05, 0) is 55.5 Å². The van der Waals surface area contributed by atoms with Crippen molar-refractivity contribution < 1.29 is 27.1 Å². The lowest BCUT2D eigenvalue weighted by atomic mass is 9.82. The second-order valence-corrected chi connectivity index (χ2v) is 12.8. The van der Waals surface area contributed by atoms with Crippen molar-refractivity contribution in [3.05, 3.63) is 64.4 Å². The number of piperazine rings is 1. The van der Waals surface area contributed by atoms with Gasteiger partial charge in [-0.1, -0.05) is 43.6 Å². The molecule has 3 rings (SSSR count). The molecule has 1 saturated heterocycles. The number of benzene rings is 2. The summed E-state index contributed by atoms with van der Waals surface area (Å²) in [5.74, 6) is -1.95. The summed E-state index contributed by atoms with van der Waals surface area (Å²) in [5, 5.41) is 3.75. The van der Waals surface area contributed by atoms with Crippen molar-refractivity contribution >= 4 is 39.3 Å². The Labute approximate surface area is 240 Å². The topological polar surface area (TPSA) is 122 Å². The standard InChI is InChI=1S/C28H38ClFN4O5S/c1-17(2)25(19-9-11-20(29)12-10-19)26(31)27(35)33(28(36)39-4)24-8-6-7-23(30)22(24)14-13-21-16-32-15-18(3)34(21)40(5,37)38/h6-12,17-18,21,25-26,32H,13-16,31H2,1-5H3/t18-,21-,25+,26-/m0/s1. The van der Waals surface area contributed by atoms with E-state index in [1.54, 1.807) is 31.2 Å². The van der Waals surface area contributed by atoms with Crippen LogP contribution < -0.4 is 16.0 Å².